The average molecular weight is 317 g/mol. The highest BCUT2D eigenvalue weighted by atomic mass is 16.3. The van der Waals surface area contributed by atoms with Gasteiger partial charge in [0.1, 0.15) is 11.5 Å². The van der Waals surface area contributed by atoms with Crippen LogP contribution in [0.5, 0.6) is 11.5 Å². The maximum Gasteiger partial charge on any atom is 0.159 e. The molecule has 118 valence electrons. The molecule has 0 amide bonds. The number of aromatic hydroxyl groups is 2. The lowest BCUT2D eigenvalue weighted by Gasteiger charge is -2.07. The Balaban J connectivity index is 2.01. The Morgan fingerprint density at radius 3 is 2.54 bits per heavy atom. The maximum atomic E-state index is 10.2. The second kappa shape index (κ2) is 5.38. The van der Waals surface area contributed by atoms with Gasteiger partial charge in [-0.3, -0.25) is 0 Å². The first kappa shape index (κ1) is 14.3. The summed E-state index contributed by atoms with van der Waals surface area (Å²) in [7, 11) is 0. The fraction of sp³-hybridized carbons (Fsp3) is 0.0526. The smallest absolute Gasteiger partial charge is 0.159 e. The lowest BCUT2D eigenvalue weighted by molar-refractivity contribution is 0.461. The van der Waals surface area contributed by atoms with Gasteiger partial charge in [0.05, 0.1) is 11.4 Å². The van der Waals surface area contributed by atoms with Gasteiger partial charge in [0, 0.05) is 22.9 Å². The van der Waals surface area contributed by atoms with Crippen molar-refractivity contribution < 1.29 is 10.2 Å². The Bertz CT molecular complexity index is 1040. The van der Waals surface area contributed by atoms with E-state index in [2.05, 4.69) is 4.98 Å². The Morgan fingerprint density at radius 1 is 0.958 bits per heavy atom. The van der Waals surface area contributed by atoms with Crippen molar-refractivity contribution in [1.29, 1.82) is 0 Å². The number of aryl methyl sites for hydroxylation is 1. The van der Waals surface area contributed by atoms with Crippen LogP contribution < -0.4 is 0 Å². The summed E-state index contributed by atoms with van der Waals surface area (Å²) in [6.45, 7) is 1.98. The maximum absolute atomic E-state index is 10.2. The summed E-state index contributed by atoms with van der Waals surface area (Å²) in [5, 5.41) is 24.6. The topological polar surface area (TPSA) is 70.7 Å². The minimum Gasteiger partial charge on any atom is -0.508 e. The number of hydrogen-bond acceptors (Lipinski definition) is 4. The molecule has 0 spiro atoms. The molecule has 2 aromatic carbocycles. The molecule has 2 N–H and O–H groups in total. The summed E-state index contributed by atoms with van der Waals surface area (Å²) in [6, 6.07) is 16.1. The molecule has 2 heterocycles. The number of fused-ring (bicyclic) bond motifs is 1. The number of phenols is 2. The van der Waals surface area contributed by atoms with Crippen molar-refractivity contribution in [2.45, 2.75) is 6.92 Å². The summed E-state index contributed by atoms with van der Waals surface area (Å²) in [4.78, 5) is 4.42. The van der Waals surface area contributed by atoms with Crippen LogP contribution in [0.4, 0.5) is 0 Å². The van der Waals surface area contributed by atoms with Crippen molar-refractivity contribution in [2.24, 2.45) is 0 Å². The van der Waals surface area contributed by atoms with Gasteiger partial charge in [-0.05, 0) is 31.2 Å². The molecule has 0 fully saturated rings. The van der Waals surface area contributed by atoms with Gasteiger partial charge in [0.15, 0.2) is 5.65 Å². The van der Waals surface area contributed by atoms with E-state index < -0.39 is 0 Å². The summed E-state index contributed by atoms with van der Waals surface area (Å²) in [5.74, 6) is 0.162. The van der Waals surface area contributed by atoms with Crippen molar-refractivity contribution >= 4 is 5.65 Å². The summed E-state index contributed by atoms with van der Waals surface area (Å²) >= 11 is 0. The first-order valence-electron chi connectivity index (χ1n) is 7.57. The van der Waals surface area contributed by atoms with Gasteiger partial charge < -0.3 is 10.2 Å². The first-order chi connectivity index (χ1) is 11.6. The van der Waals surface area contributed by atoms with E-state index in [1.165, 1.54) is 18.2 Å². The highest BCUT2D eigenvalue weighted by Gasteiger charge is 2.16. The van der Waals surface area contributed by atoms with Crippen molar-refractivity contribution in [3.05, 3.63) is 66.4 Å². The zero-order chi connectivity index (χ0) is 16.7. The fourth-order valence-electron chi connectivity index (χ4n) is 2.86. The third-order valence-electron chi connectivity index (χ3n) is 4.05. The van der Waals surface area contributed by atoms with Gasteiger partial charge in [-0.25, -0.2) is 9.50 Å². The van der Waals surface area contributed by atoms with Crippen LogP contribution in [-0.2, 0) is 0 Å². The van der Waals surface area contributed by atoms with Crippen LogP contribution in [0.25, 0.3) is 28.2 Å². The Morgan fingerprint density at radius 2 is 1.75 bits per heavy atom. The van der Waals surface area contributed by atoms with Gasteiger partial charge in [0.25, 0.3) is 0 Å². The van der Waals surface area contributed by atoms with Crippen LogP contribution in [0.3, 0.4) is 0 Å². The number of benzene rings is 2. The van der Waals surface area contributed by atoms with Gasteiger partial charge in [-0.15, -0.1) is 0 Å². The third-order valence-corrected chi connectivity index (χ3v) is 4.05. The lowest BCUT2D eigenvalue weighted by Crippen LogP contribution is -1.96. The molecule has 4 aromatic rings. The van der Waals surface area contributed by atoms with Crippen molar-refractivity contribution in [3.63, 3.8) is 0 Å². The molecular weight excluding hydrogens is 302 g/mol. The molecule has 2 aromatic heterocycles. The molecule has 0 aliphatic heterocycles. The summed E-state index contributed by atoms with van der Waals surface area (Å²) < 4.78 is 1.70. The molecule has 0 aliphatic rings. The van der Waals surface area contributed by atoms with Gasteiger partial charge in [-0.2, -0.15) is 5.10 Å². The summed E-state index contributed by atoms with van der Waals surface area (Å²) in [5.41, 5.74) is 4.70. The second-order valence-electron chi connectivity index (χ2n) is 5.61. The molecule has 0 saturated heterocycles. The fourth-order valence-corrected chi connectivity index (χ4v) is 2.86. The van der Waals surface area contributed by atoms with Gasteiger partial charge >= 0.3 is 0 Å². The van der Waals surface area contributed by atoms with Crippen molar-refractivity contribution in [3.8, 4) is 34.0 Å². The molecule has 0 unspecified atom stereocenters. The monoisotopic (exact) mass is 317 g/mol. The number of phenolic OH excluding ortho intramolecular Hbond substituents is 2. The third kappa shape index (κ3) is 2.18. The predicted molar refractivity (Wildman–Crippen MR) is 91.9 cm³/mol. The Hall–Kier alpha value is -3.34. The van der Waals surface area contributed by atoms with E-state index in [0.717, 1.165) is 16.8 Å². The number of aromatic nitrogens is 3. The van der Waals surface area contributed by atoms with Crippen LogP contribution >= 0.6 is 0 Å². The molecule has 0 atom stereocenters. The second-order valence-corrected chi connectivity index (χ2v) is 5.61. The van der Waals surface area contributed by atoms with Crippen LogP contribution in [0.2, 0.25) is 0 Å². The number of rotatable bonds is 2. The van der Waals surface area contributed by atoms with E-state index >= 15 is 0 Å². The minimum atomic E-state index is 0.0784. The van der Waals surface area contributed by atoms with E-state index in [9.17, 15) is 10.2 Å². The highest BCUT2D eigenvalue weighted by Crippen LogP contribution is 2.34. The van der Waals surface area contributed by atoms with E-state index in [-0.39, 0.29) is 11.5 Å². The van der Waals surface area contributed by atoms with Crippen LogP contribution in [0.1, 0.15) is 5.56 Å². The van der Waals surface area contributed by atoms with Crippen molar-refractivity contribution in [2.75, 3.05) is 0 Å². The normalized spacial score (nSPS) is 11.0. The largest absolute Gasteiger partial charge is 0.508 e. The number of nitrogens with zero attached hydrogens (tertiary/aromatic N) is 3. The molecule has 4 rings (SSSR count). The van der Waals surface area contributed by atoms with E-state index in [4.69, 9.17) is 5.10 Å². The molecular formula is C19H15N3O2. The molecule has 0 aliphatic carbocycles. The molecule has 5 heteroatoms. The standard InChI is InChI=1S/C19H15N3O2/c1-12-18(13-5-3-2-4-6-13)21-22-16(9-10-20-19(12)22)15-11-14(23)7-8-17(15)24/h2-11,23-24H,1H3. The Kier molecular flexibility index (Phi) is 3.20. The lowest BCUT2D eigenvalue weighted by atomic mass is 10.1. The average Bonchev–Trinajstić information content (AvgIpc) is 2.95. The zero-order valence-electron chi connectivity index (χ0n) is 13.0. The van der Waals surface area contributed by atoms with Gasteiger partial charge in [-0.1, -0.05) is 30.3 Å². The first-order valence-corrected chi connectivity index (χ1v) is 7.57. The van der Waals surface area contributed by atoms with Crippen LogP contribution in [-0.4, -0.2) is 24.8 Å². The van der Waals surface area contributed by atoms with Crippen LogP contribution in [0.15, 0.2) is 60.8 Å². The molecule has 0 radical (unpaired) electrons. The molecule has 5 nitrogen and oxygen atoms in total. The van der Waals surface area contributed by atoms with E-state index in [1.54, 1.807) is 16.8 Å². The highest BCUT2D eigenvalue weighted by molar-refractivity contribution is 5.75. The van der Waals surface area contributed by atoms with E-state index in [1.807, 2.05) is 37.3 Å². The molecule has 0 bridgehead atoms. The van der Waals surface area contributed by atoms with Gasteiger partial charge in [0.2, 0.25) is 0 Å². The van der Waals surface area contributed by atoms with Crippen LogP contribution in [0, 0.1) is 6.92 Å². The Labute approximate surface area is 138 Å². The predicted octanol–water partition coefficient (Wildman–Crippen LogP) is 3.78. The zero-order valence-corrected chi connectivity index (χ0v) is 13.0. The minimum absolute atomic E-state index is 0.0784. The van der Waals surface area contributed by atoms with E-state index in [0.29, 0.717) is 16.9 Å². The van der Waals surface area contributed by atoms with Crippen molar-refractivity contribution in [1.82, 2.24) is 14.6 Å². The molecule has 0 saturated carbocycles. The molecule has 24 heavy (non-hydrogen) atoms. The SMILES string of the molecule is Cc1c(-c2ccccc2)nn2c(-c3cc(O)ccc3O)ccnc12. The summed E-state index contributed by atoms with van der Waals surface area (Å²) in [6.07, 6.45) is 1.68. The number of hydrogen-bond donors (Lipinski definition) is 2. The quantitative estimate of drug-likeness (QED) is 0.552.